The van der Waals surface area contributed by atoms with Gasteiger partial charge in [0.2, 0.25) is 5.91 Å². The van der Waals surface area contributed by atoms with Crippen LogP contribution in [-0.4, -0.2) is 42.2 Å². The molecule has 1 aromatic rings. The van der Waals surface area contributed by atoms with Crippen LogP contribution in [0.3, 0.4) is 0 Å². The smallest absolute Gasteiger partial charge is 0.224 e. The molecule has 0 aromatic carbocycles. The van der Waals surface area contributed by atoms with Crippen molar-refractivity contribution < 1.29 is 13.2 Å². The second kappa shape index (κ2) is 5.55. The van der Waals surface area contributed by atoms with Crippen LogP contribution in [0.4, 0.5) is 0 Å². The summed E-state index contributed by atoms with van der Waals surface area (Å²) in [6, 6.07) is 0. The third-order valence-electron chi connectivity index (χ3n) is 3.91. The van der Waals surface area contributed by atoms with Crippen molar-refractivity contribution in [1.29, 1.82) is 0 Å². The molecule has 1 atom stereocenters. The molecule has 0 saturated carbocycles. The van der Waals surface area contributed by atoms with E-state index in [0.29, 0.717) is 19.4 Å². The van der Waals surface area contributed by atoms with E-state index in [2.05, 4.69) is 10.4 Å². The minimum Gasteiger partial charge on any atom is -0.356 e. The van der Waals surface area contributed by atoms with Gasteiger partial charge < -0.3 is 5.32 Å². The van der Waals surface area contributed by atoms with E-state index in [4.69, 9.17) is 0 Å². The van der Waals surface area contributed by atoms with Crippen molar-refractivity contribution in [3.8, 4) is 0 Å². The zero-order valence-electron chi connectivity index (χ0n) is 12.1. The predicted molar refractivity (Wildman–Crippen MR) is 76.2 cm³/mol. The van der Waals surface area contributed by atoms with E-state index in [1.165, 1.54) is 0 Å². The van der Waals surface area contributed by atoms with Gasteiger partial charge in [0.1, 0.15) is 0 Å². The lowest BCUT2D eigenvalue weighted by atomic mass is 10.1. The average molecular weight is 299 g/mol. The highest BCUT2D eigenvalue weighted by atomic mass is 32.2. The Hall–Kier alpha value is -1.37. The number of nitrogens with one attached hydrogen (secondary N) is 1. The quantitative estimate of drug-likeness (QED) is 0.857. The van der Waals surface area contributed by atoms with Crippen molar-refractivity contribution in [1.82, 2.24) is 15.1 Å². The lowest BCUT2D eigenvalue weighted by Gasteiger charge is -2.09. The number of rotatable bonds is 4. The number of sulfone groups is 1. The van der Waals surface area contributed by atoms with Gasteiger partial charge in [0.15, 0.2) is 9.84 Å². The summed E-state index contributed by atoms with van der Waals surface area (Å²) in [6.45, 7) is 4.27. The monoisotopic (exact) mass is 299 g/mol. The molecule has 1 unspecified atom stereocenters. The first-order valence-corrected chi connectivity index (χ1v) is 8.57. The number of carbonyl (C=O) groups is 1. The molecule has 7 heteroatoms. The predicted octanol–water partition coefficient (Wildman–Crippen LogP) is 0.130. The minimum absolute atomic E-state index is 0.0556. The number of aromatic nitrogens is 2. The van der Waals surface area contributed by atoms with Gasteiger partial charge in [-0.3, -0.25) is 9.48 Å². The lowest BCUT2D eigenvalue weighted by molar-refractivity contribution is -0.120. The Labute approximate surface area is 119 Å². The molecular weight excluding hydrogens is 278 g/mol. The topological polar surface area (TPSA) is 81.1 Å². The van der Waals surface area contributed by atoms with Gasteiger partial charge in [-0.1, -0.05) is 0 Å². The molecule has 112 valence electrons. The SMILES string of the molecule is Cc1nn(C)c(C)c1CC(=O)NCC1CCS(=O)(=O)C1. The highest BCUT2D eigenvalue weighted by molar-refractivity contribution is 7.91. The molecule has 1 saturated heterocycles. The van der Waals surface area contributed by atoms with E-state index in [1.54, 1.807) is 4.68 Å². The van der Waals surface area contributed by atoms with Gasteiger partial charge >= 0.3 is 0 Å². The van der Waals surface area contributed by atoms with Crippen molar-refractivity contribution in [2.45, 2.75) is 26.7 Å². The van der Waals surface area contributed by atoms with E-state index in [0.717, 1.165) is 17.0 Å². The number of amides is 1. The van der Waals surface area contributed by atoms with Crippen LogP contribution < -0.4 is 5.32 Å². The molecule has 1 aliphatic rings. The Bertz CT molecular complexity index is 619. The fraction of sp³-hybridized carbons (Fsp3) is 0.692. The largest absolute Gasteiger partial charge is 0.356 e. The van der Waals surface area contributed by atoms with Gasteiger partial charge in [-0.15, -0.1) is 0 Å². The summed E-state index contributed by atoms with van der Waals surface area (Å²) < 4.78 is 24.5. The van der Waals surface area contributed by atoms with Crippen molar-refractivity contribution >= 4 is 15.7 Å². The minimum atomic E-state index is -2.88. The maximum atomic E-state index is 11.9. The van der Waals surface area contributed by atoms with Crippen LogP contribution in [0.25, 0.3) is 0 Å². The first-order valence-electron chi connectivity index (χ1n) is 6.74. The molecule has 1 aromatic heterocycles. The van der Waals surface area contributed by atoms with Crippen LogP contribution in [0.2, 0.25) is 0 Å². The molecule has 0 radical (unpaired) electrons. The number of hydrogen-bond donors (Lipinski definition) is 1. The molecule has 1 amide bonds. The molecule has 6 nitrogen and oxygen atoms in total. The molecule has 2 heterocycles. The highest BCUT2D eigenvalue weighted by Crippen LogP contribution is 2.17. The van der Waals surface area contributed by atoms with Crippen molar-refractivity contribution in [3.05, 3.63) is 17.0 Å². The molecule has 1 N–H and O–H groups in total. The second-order valence-electron chi connectivity index (χ2n) is 5.52. The van der Waals surface area contributed by atoms with Gasteiger partial charge in [-0.2, -0.15) is 5.10 Å². The van der Waals surface area contributed by atoms with Crippen LogP contribution >= 0.6 is 0 Å². The van der Waals surface area contributed by atoms with Crippen LogP contribution in [0.5, 0.6) is 0 Å². The van der Waals surface area contributed by atoms with Crippen LogP contribution in [0.1, 0.15) is 23.4 Å². The van der Waals surface area contributed by atoms with Crippen molar-refractivity contribution in [3.63, 3.8) is 0 Å². The Kier molecular flexibility index (Phi) is 4.17. The van der Waals surface area contributed by atoms with E-state index in [1.807, 2.05) is 20.9 Å². The average Bonchev–Trinajstić information content (AvgIpc) is 2.81. The van der Waals surface area contributed by atoms with Gasteiger partial charge in [0.25, 0.3) is 0 Å². The molecule has 20 heavy (non-hydrogen) atoms. The summed E-state index contributed by atoms with van der Waals surface area (Å²) in [5.41, 5.74) is 2.80. The third-order valence-corrected chi connectivity index (χ3v) is 5.75. The molecule has 1 fully saturated rings. The number of aryl methyl sites for hydroxylation is 2. The van der Waals surface area contributed by atoms with Crippen LogP contribution in [0, 0.1) is 19.8 Å². The van der Waals surface area contributed by atoms with Crippen LogP contribution in [0.15, 0.2) is 0 Å². The fourth-order valence-electron chi connectivity index (χ4n) is 2.59. The van der Waals surface area contributed by atoms with Gasteiger partial charge in [-0.05, 0) is 26.2 Å². The zero-order valence-corrected chi connectivity index (χ0v) is 13.0. The summed E-state index contributed by atoms with van der Waals surface area (Å²) in [4.78, 5) is 11.9. The van der Waals surface area contributed by atoms with Gasteiger partial charge in [0.05, 0.1) is 23.6 Å². The first kappa shape index (κ1) is 15.0. The molecule has 0 aliphatic carbocycles. The van der Waals surface area contributed by atoms with E-state index >= 15 is 0 Å². The molecule has 2 rings (SSSR count). The number of nitrogens with zero attached hydrogens (tertiary/aromatic N) is 2. The molecule has 1 aliphatic heterocycles. The highest BCUT2D eigenvalue weighted by Gasteiger charge is 2.28. The molecule has 0 bridgehead atoms. The Morgan fingerprint density at radius 1 is 1.45 bits per heavy atom. The molecular formula is C13H21N3O3S. The summed E-state index contributed by atoms with van der Waals surface area (Å²) in [7, 11) is -1.02. The maximum absolute atomic E-state index is 11.9. The second-order valence-corrected chi connectivity index (χ2v) is 7.75. The normalized spacial score (nSPS) is 21.1. The standard InChI is InChI=1S/C13H21N3O3S/c1-9-12(10(2)16(3)15-9)6-13(17)14-7-11-4-5-20(18,19)8-11/h11H,4-8H2,1-3H3,(H,14,17). The van der Waals surface area contributed by atoms with Gasteiger partial charge in [-0.25, -0.2) is 8.42 Å². The summed E-state index contributed by atoms with van der Waals surface area (Å²) >= 11 is 0. The van der Waals surface area contributed by atoms with Crippen molar-refractivity contribution in [2.75, 3.05) is 18.1 Å². The first-order chi connectivity index (χ1) is 9.28. The van der Waals surface area contributed by atoms with Crippen molar-refractivity contribution in [2.24, 2.45) is 13.0 Å². The van der Waals surface area contributed by atoms with E-state index in [-0.39, 0.29) is 23.3 Å². The summed E-state index contributed by atoms with van der Waals surface area (Å²) in [5, 5.41) is 7.11. The Morgan fingerprint density at radius 2 is 2.15 bits per heavy atom. The van der Waals surface area contributed by atoms with Gasteiger partial charge in [0, 0.05) is 24.8 Å². The fourth-order valence-corrected chi connectivity index (χ4v) is 4.45. The number of carbonyl (C=O) groups excluding carboxylic acids is 1. The zero-order chi connectivity index (χ0) is 14.9. The number of hydrogen-bond acceptors (Lipinski definition) is 4. The Balaban J connectivity index is 1.87. The Morgan fingerprint density at radius 3 is 2.65 bits per heavy atom. The van der Waals surface area contributed by atoms with E-state index in [9.17, 15) is 13.2 Å². The molecule has 0 spiro atoms. The van der Waals surface area contributed by atoms with E-state index < -0.39 is 9.84 Å². The summed E-state index contributed by atoms with van der Waals surface area (Å²) in [6.07, 6.45) is 0.943. The maximum Gasteiger partial charge on any atom is 0.224 e. The van der Waals surface area contributed by atoms with Crippen LogP contribution in [-0.2, 0) is 28.1 Å². The summed E-state index contributed by atoms with van der Waals surface area (Å²) in [5.74, 6) is 0.417. The lowest BCUT2D eigenvalue weighted by Crippen LogP contribution is -2.31. The third kappa shape index (κ3) is 3.39.